The molecule has 1 rings (SSSR count). The number of benzene rings is 1. The smallest absolute Gasteiger partial charge is 0.153 e. The number of allylic oxidation sites excluding steroid dienone is 1. The fourth-order valence-corrected chi connectivity index (χ4v) is 1.13. The average molecular weight is 204 g/mol. The van der Waals surface area contributed by atoms with Crippen molar-refractivity contribution in [3.05, 3.63) is 34.9 Å². The van der Waals surface area contributed by atoms with Gasteiger partial charge in [0.25, 0.3) is 0 Å². The van der Waals surface area contributed by atoms with Crippen LogP contribution in [0, 0.1) is 0 Å². The minimum absolute atomic E-state index is 0.0187. The number of aromatic hydroxyl groups is 1. The molecule has 15 heavy (non-hydrogen) atoms. The lowest BCUT2D eigenvalue weighted by atomic mass is 10.0. The van der Waals surface area contributed by atoms with E-state index in [0.717, 1.165) is 0 Å². The van der Waals surface area contributed by atoms with Gasteiger partial charge in [-0.15, -0.1) is 0 Å². The Balaban J connectivity index is 3.32. The van der Waals surface area contributed by atoms with Crippen molar-refractivity contribution < 1.29 is 19.5 Å². The number of rotatable bonds is 4. The summed E-state index contributed by atoms with van der Waals surface area (Å²) >= 11 is 0. The highest BCUT2D eigenvalue weighted by atomic mass is 16.3. The maximum atomic E-state index is 10.6. The number of phenolic OH excluding ortho intramolecular Hbond substituents is 1. The van der Waals surface area contributed by atoms with Crippen molar-refractivity contribution in [3.8, 4) is 5.75 Å². The maximum Gasteiger partial charge on any atom is 0.153 e. The van der Waals surface area contributed by atoms with Gasteiger partial charge in [-0.25, -0.2) is 0 Å². The number of carbonyl (C=O) groups is 3. The lowest BCUT2D eigenvalue weighted by molar-refractivity contribution is -0.104. The minimum Gasteiger partial charge on any atom is -0.506 e. The minimum atomic E-state index is -0.344. The molecule has 0 heterocycles. The predicted molar refractivity (Wildman–Crippen MR) is 54.0 cm³/mol. The van der Waals surface area contributed by atoms with Crippen LogP contribution in [-0.2, 0) is 4.79 Å². The van der Waals surface area contributed by atoms with Crippen LogP contribution in [0.5, 0.6) is 5.75 Å². The number of hydrogen-bond acceptors (Lipinski definition) is 4. The number of phenols is 1. The molecule has 76 valence electrons. The Kier molecular flexibility index (Phi) is 3.51. The van der Waals surface area contributed by atoms with E-state index >= 15 is 0 Å². The molecule has 0 atom stereocenters. The molecule has 1 aromatic rings. The Bertz CT molecular complexity index is 403. The summed E-state index contributed by atoms with van der Waals surface area (Å²) in [4.78, 5) is 31.2. The number of carbonyl (C=O) groups excluding carboxylic acids is 3. The van der Waals surface area contributed by atoms with Crippen LogP contribution in [0.15, 0.2) is 18.2 Å². The second-order valence-electron chi connectivity index (χ2n) is 2.78. The highest BCUT2D eigenvalue weighted by Gasteiger charge is 2.07. The van der Waals surface area contributed by atoms with Gasteiger partial charge in [-0.2, -0.15) is 0 Å². The highest BCUT2D eigenvalue weighted by molar-refractivity contribution is 5.90. The summed E-state index contributed by atoms with van der Waals surface area (Å²) in [5.41, 5.74) is 0.541. The van der Waals surface area contributed by atoms with E-state index in [1.165, 1.54) is 24.3 Å². The zero-order valence-corrected chi connectivity index (χ0v) is 7.71. The highest BCUT2D eigenvalue weighted by Crippen LogP contribution is 2.22. The predicted octanol–water partition coefficient (Wildman–Crippen LogP) is 1.23. The molecule has 0 aromatic heterocycles. The van der Waals surface area contributed by atoms with Crippen LogP contribution in [-0.4, -0.2) is 24.0 Å². The van der Waals surface area contributed by atoms with E-state index < -0.39 is 0 Å². The zero-order chi connectivity index (χ0) is 11.3. The quantitative estimate of drug-likeness (QED) is 0.591. The van der Waals surface area contributed by atoms with Crippen molar-refractivity contribution in [3.63, 3.8) is 0 Å². The third kappa shape index (κ3) is 2.37. The normalized spacial score (nSPS) is 10.1. The Morgan fingerprint density at radius 1 is 1.00 bits per heavy atom. The Morgan fingerprint density at radius 2 is 1.53 bits per heavy atom. The van der Waals surface area contributed by atoms with Gasteiger partial charge in [-0.3, -0.25) is 14.4 Å². The first-order valence-corrected chi connectivity index (χ1v) is 4.12. The molecule has 1 N–H and O–H groups in total. The second-order valence-corrected chi connectivity index (χ2v) is 2.78. The first kappa shape index (κ1) is 10.8. The second kappa shape index (κ2) is 4.85. The van der Waals surface area contributed by atoms with Gasteiger partial charge in [0.05, 0.1) is 11.1 Å². The van der Waals surface area contributed by atoms with Gasteiger partial charge in [0.1, 0.15) is 12.0 Å². The molecule has 0 bridgehead atoms. The molecule has 0 aliphatic carbocycles. The fraction of sp³-hybridized carbons (Fsp3) is 0. The maximum absolute atomic E-state index is 10.6. The molecule has 0 aliphatic heterocycles. The van der Waals surface area contributed by atoms with Crippen molar-refractivity contribution in [1.29, 1.82) is 0 Å². The molecule has 1 aromatic carbocycles. The van der Waals surface area contributed by atoms with Crippen LogP contribution >= 0.6 is 0 Å². The molecule has 0 unspecified atom stereocenters. The lowest BCUT2D eigenvalue weighted by Gasteiger charge is -2.02. The van der Waals surface area contributed by atoms with E-state index in [2.05, 4.69) is 0 Å². The first-order chi connectivity index (χ1) is 7.22. The van der Waals surface area contributed by atoms with Crippen LogP contribution in [0.3, 0.4) is 0 Å². The van der Waals surface area contributed by atoms with Crippen LogP contribution in [0.1, 0.15) is 26.3 Å². The zero-order valence-electron chi connectivity index (χ0n) is 7.71. The number of aldehydes is 3. The van der Waals surface area contributed by atoms with E-state index in [1.54, 1.807) is 0 Å². The van der Waals surface area contributed by atoms with Crippen molar-refractivity contribution in [2.45, 2.75) is 0 Å². The average Bonchev–Trinajstić information content (AvgIpc) is 2.27. The third-order valence-electron chi connectivity index (χ3n) is 1.81. The summed E-state index contributed by atoms with van der Waals surface area (Å²) in [6.45, 7) is 0. The molecule has 0 amide bonds. The standard InChI is InChI=1S/C11H8O4/c12-3-1-2-8-4-9(6-13)11(15)10(5-8)7-14/h1-7,15H/b2-1+. The molecule has 4 nitrogen and oxygen atoms in total. The summed E-state index contributed by atoms with van der Waals surface area (Å²) in [7, 11) is 0. The van der Waals surface area contributed by atoms with E-state index in [9.17, 15) is 19.5 Å². The summed E-state index contributed by atoms with van der Waals surface area (Å²) in [5, 5.41) is 9.38. The molecule has 4 heteroatoms. The van der Waals surface area contributed by atoms with Gasteiger partial charge >= 0.3 is 0 Å². The van der Waals surface area contributed by atoms with Crippen molar-refractivity contribution in [1.82, 2.24) is 0 Å². The van der Waals surface area contributed by atoms with Crippen LogP contribution in [0.2, 0.25) is 0 Å². The molecule has 0 spiro atoms. The summed E-state index contributed by atoms with van der Waals surface area (Å²) in [6, 6.07) is 2.77. The molecule has 0 saturated carbocycles. The van der Waals surface area contributed by atoms with Gasteiger partial charge in [-0.05, 0) is 23.8 Å². The van der Waals surface area contributed by atoms with Crippen LogP contribution in [0.25, 0.3) is 6.08 Å². The molecule has 0 aliphatic rings. The fourth-order valence-electron chi connectivity index (χ4n) is 1.13. The van der Waals surface area contributed by atoms with Gasteiger partial charge in [0, 0.05) is 0 Å². The van der Waals surface area contributed by atoms with Crippen molar-refractivity contribution >= 4 is 24.9 Å². The molecule has 0 saturated heterocycles. The van der Waals surface area contributed by atoms with E-state index in [0.29, 0.717) is 24.4 Å². The molecule has 0 fully saturated rings. The van der Waals surface area contributed by atoms with Gasteiger partial charge < -0.3 is 5.11 Å². The summed E-state index contributed by atoms with van der Waals surface area (Å²) in [5.74, 6) is -0.344. The van der Waals surface area contributed by atoms with Crippen LogP contribution < -0.4 is 0 Å². The van der Waals surface area contributed by atoms with E-state index in [4.69, 9.17) is 0 Å². The summed E-state index contributed by atoms with van der Waals surface area (Å²) < 4.78 is 0. The van der Waals surface area contributed by atoms with E-state index in [-0.39, 0.29) is 16.9 Å². The van der Waals surface area contributed by atoms with Gasteiger partial charge in [0.15, 0.2) is 12.6 Å². The third-order valence-corrected chi connectivity index (χ3v) is 1.81. The van der Waals surface area contributed by atoms with Crippen molar-refractivity contribution in [2.24, 2.45) is 0 Å². The van der Waals surface area contributed by atoms with Crippen molar-refractivity contribution in [2.75, 3.05) is 0 Å². The Morgan fingerprint density at radius 3 is 1.93 bits per heavy atom. The SMILES string of the molecule is O=C/C=C/c1cc(C=O)c(O)c(C=O)c1. The van der Waals surface area contributed by atoms with E-state index in [1.807, 2.05) is 0 Å². The number of hydrogen-bond donors (Lipinski definition) is 1. The first-order valence-electron chi connectivity index (χ1n) is 4.12. The van der Waals surface area contributed by atoms with Gasteiger partial charge in [0.2, 0.25) is 0 Å². The van der Waals surface area contributed by atoms with Gasteiger partial charge in [-0.1, -0.05) is 6.08 Å². The lowest BCUT2D eigenvalue weighted by Crippen LogP contribution is -1.90. The monoisotopic (exact) mass is 204 g/mol. The molecular weight excluding hydrogens is 196 g/mol. The largest absolute Gasteiger partial charge is 0.506 e. The Hall–Kier alpha value is -2.23. The molecule has 0 radical (unpaired) electrons. The topological polar surface area (TPSA) is 71.4 Å². The summed E-state index contributed by atoms with van der Waals surface area (Å²) in [6.07, 6.45) is 4.14. The van der Waals surface area contributed by atoms with Crippen LogP contribution in [0.4, 0.5) is 0 Å². The Labute approximate surface area is 85.8 Å². The molecular formula is C11H8O4.